The summed E-state index contributed by atoms with van der Waals surface area (Å²) in [7, 11) is 0. The largest absolute Gasteiger partial charge is 0.396 e. The van der Waals surface area contributed by atoms with Crippen LogP contribution in [0.1, 0.15) is 78.6 Å². The van der Waals surface area contributed by atoms with Crippen molar-refractivity contribution in [3.63, 3.8) is 0 Å². The van der Waals surface area contributed by atoms with Crippen LogP contribution in [0.5, 0.6) is 0 Å². The van der Waals surface area contributed by atoms with Gasteiger partial charge in [0.1, 0.15) is 0 Å². The molecular formula is C24H40O2. The van der Waals surface area contributed by atoms with Crippen LogP contribution in [0.4, 0.5) is 0 Å². The Kier molecular flexibility index (Phi) is 5.06. The van der Waals surface area contributed by atoms with E-state index in [4.69, 9.17) is 0 Å². The number of aliphatic hydroxyl groups is 2. The lowest BCUT2D eigenvalue weighted by molar-refractivity contribution is -0.0822. The van der Waals surface area contributed by atoms with Crippen LogP contribution in [0.25, 0.3) is 0 Å². The van der Waals surface area contributed by atoms with Crippen LogP contribution in [0.2, 0.25) is 0 Å². The third kappa shape index (κ3) is 2.82. The molecule has 9 atom stereocenters. The van der Waals surface area contributed by atoms with Gasteiger partial charge in [-0.3, -0.25) is 0 Å². The van der Waals surface area contributed by atoms with Gasteiger partial charge >= 0.3 is 0 Å². The molecule has 0 radical (unpaired) electrons. The zero-order valence-electron chi connectivity index (χ0n) is 17.2. The maximum Gasteiger partial charge on any atom is 0.0543 e. The maximum atomic E-state index is 10.2. The van der Waals surface area contributed by atoms with E-state index < -0.39 is 0 Å². The molecule has 3 fully saturated rings. The predicted octanol–water partition coefficient (Wildman–Crippen LogP) is 5.19. The number of hydrogen-bond donors (Lipinski definition) is 2. The Morgan fingerprint density at radius 2 is 1.92 bits per heavy atom. The Morgan fingerprint density at radius 3 is 2.69 bits per heavy atom. The first-order chi connectivity index (χ1) is 12.4. The summed E-state index contributed by atoms with van der Waals surface area (Å²) < 4.78 is 0. The summed E-state index contributed by atoms with van der Waals surface area (Å²) in [5.41, 5.74) is 0.786. The third-order valence-corrected chi connectivity index (χ3v) is 9.65. The van der Waals surface area contributed by atoms with Gasteiger partial charge in [-0.2, -0.15) is 0 Å². The Bertz CT molecular complexity index is 542. The quantitative estimate of drug-likeness (QED) is 0.677. The first-order valence-electron chi connectivity index (χ1n) is 11.4. The summed E-state index contributed by atoms with van der Waals surface area (Å²) in [6, 6.07) is 0. The van der Waals surface area contributed by atoms with E-state index in [1.165, 1.54) is 38.5 Å². The highest BCUT2D eigenvalue weighted by Crippen LogP contribution is 2.66. The molecule has 0 saturated heterocycles. The van der Waals surface area contributed by atoms with Gasteiger partial charge < -0.3 is 10.2 Å². The highest BCUT2D eigenvalue weighted by Gasteiger charge is 2.58. The fourth-order valence-corrected chi connectivity index (χ4v) is 8.16. The molecule has 0 aromatic heterocycles. The summed E-state index contributed by atoms with van der Waals surface area (Å²) in [4.78, 5) is 0. The van der Waals surface area contributed by atoms with Crippen molar-refractivity contribution < 1.29 is 10.2 Å². The van der Waals surface area contributed by atoms with Gasteiger partial charge in [-0.25, -0.2) is 0 Å². The van der Waals surface area contributed by atoms with Crippen molar-refractivity contribution in [3.8, 4) is 0 Å². The van der Waals surface area contributed by atoms with Gasteiger partial charge in [0.25, 0.3) is 0 Å². The van der Waals surface area contributed by atoms with Crippen molar-refractivity contribution in [2.45, 2.75) is 84.7 Å². The molecule has 0 aromatic rings. The average molecular weight is 361 g/mol. The fraction of sp³-hybridized carbons (Fsp3) is 0.917. The smallest absolute Gasteiger partial charge is 0.0543 e. The number of aliphatic hydroxyl groups excluding tert-OH is 2. The van der Waals surface area contributed by atoms with Gasteiger partial charge in [-0.1, -0.05) is 32.9 Å². The summed E-state index contributed by atoms with van der Waals surface area (Å²) in [5.74, 6) is 4.67. The van der Waals surface area contributed by atoms with Gasteiger partial charge in [0.2, 0.25) is 0 Å². The summed E-state index contributed by atoms with van der Waals surface area (Å²) in [5, 5.41) is 19.4. The standard InChI is InChI=1S/C24H40O2/c1-16(5-4-14-25)20-8-9-21-19-7-6-17-15-18(26)10-12-23(17,2)22(19)11-13-24(20,21)3/h11,13,16-22,25-26H,4-10,12,14-15H2,1-3H3. The average Bonchev–Trinajstić information content (AvgIpc) is 2.97. The lowest BCUT2D eigenvalue weighted by Crippen LogP contribution is -2.52. The van der Waals surface area contributed by atoms with Gasteiger partial charge in [0.05, 0.1) is 6.10 Å². The SMILES string of the molecule is CC(CCCO)C1CCC2C3CCC4CC(O)CCC4(C)C3C=CC12C. The number of allylic oxidation sites excluding steroid dienone is 2. The highest BCUT2D eigenvalue weighted by atomic mass is 16.3. The molecule has 2 heteroatoms. The normalized spacial score (nSPS) is 51.4. The Morgan fingerprint density at radius 1 is 1.12 bits per heavy atom. The molecule has 0 aliphatic heterocycles. The molecule has 148 valence electrons. The second kappa shape index (κ2) is 6.92. The number of hydrogen-bond acceptors (Lipinski definition) is 2. The molecule has 0 bridgehead atoms. The first kappa shape index (κ1) is 19.0. The van der Waals surface area contributed by atoms with Gasteiger partial charge in [-0.15, -0.1) is 0 Å². The lowest BCUT2D eigenvalue weighted by Gasteiger charge is -2.58. The Labute approximate surface area is 160 Å². The van der Waals surface area contributed by atoms with Crippen LogP contribution < -0.4 is 0 Å². The van der Waals surface area contributed by atoms with Gasteiger partial charge in [0.15, 0.2) is 0 Å². The summed E-state index contributed by atoms with van der Waals surface area (Å²) in [6.45, 7) is 7.86. The van der Waals surface area contributed by atoms with Crippen LogP contribution in [-0.4, -0.2) is 22.9 Å². The molecule has 3 saturated carbocycles. The van der Waals surface area contributed by atoms with E-state index in [0.29, 0.717) is 17.4 Å². The fourth-order valence-electron chi connectivity index (χ4n) is 8.16. The molecule has 0 amide bonds. The van der Waals surface area contributed by atoms with E-state index in [-0.39, 0.29) is 6.10 Å². The van der Waals surface area contributed by atoms with Crippen LogP contribution >= 0.6 is 0 Å². The summed E-state index contributed by atoms with van der Waals surface area (Å²) >= 11 is 0. The van der Waals surface area contributed by atoms with E-state index >= 15 is 0 Å². The minimum Gasteiger partial charge on any atom is -0.396 e. The van der Waals surface area contributed by atoms with Crippen molar-refractivity contribution >= 4 is 0 Å². The van der Waals surface area contributed by atoms with Crippen molar-refractivity contribution in [1.82, 2.24) is 0 Å². The molecule has 0 aromatic carbocycles. The molecule has 9 unspecified atom stereocenters. The van der Waals surface area contributed by atoms with Crippen LogP contribution in [0.15, 0.2) is 12.2 Å². The van der Waals surface area contributed by atoms with E-state index in [0.717, 1.165) is 54.8 Å². The molecular weight excluding hydrogens is 320 g/mol. The third-order valence-electron chi connectivity index (χ3n) is 9.65. The molecule has 2 N–H and O–H groups in total. The second-order valence-electron chi connectivity index (χ2n) is 10.8. The molecule has 4 aliphatic rings. The maximum absolute atomic E-state index is 10.2. The van der Waals surface area contributed by atoms with Crippen molar-refractivity contribution in [3.05, 3.63) is 12.2 Å². The lowest BCUT2D eigenvalue weighted by atomic mass is 9.46. The minimum absolute atomic E-state index is 0.0503. The van der Waals surface area contributed by atoms with Crippen LogP contribution in [-0.2, 0) is 0 Å². The number of rotatable bonds is 4. The molecule has 26 heavy (non-hydrogen) atoms. The summed E-state index contributed by atoms with van der Waals surface area (Å²) in [6.07, 6.45) is 16.1. The van der Waals surface area contributed by atoms with Crippen molar-refractivity contribution in [2.75, 3.05) is 6.61 Å². The van der Waals surface area contributed by atoms with E-state index in [1.54, 1.807) is 0 Å². The zero-order chi connectivity index (χ0) is 18.5. The number of fused-ring (bicyclic) bond motifs is 5. The predicted molar refractivity (Wildman–Crippen MR) is 107 cm³/mol. The van der Waals surface area contributed by atoms with Gasteiger partial charge in [0, 0.05) is 6.61 Å². The van der Waals surface area contributed by atoms with Crippen molar-refractivity contribution in [1.29, 1.82) is 0 Å². The van der Waals surface area contributed by atoms with Crippen molar-refractivity contribution in [2.24, 2.45) is 46.3 Å². The first-order valence-corrected chi connectivity index (χ1v) is 11.4. The second-order valence-corrected chi connectivity index (χ2v) is 10.8. The highest BCUT2D eigenvalue weighted by molar-refractivity contribution is 5.20. The Balaban J connectivity index is 1.58. The van der Waals surface area contributed by atoms with Crippen LogP contribution in [0, 0.1) is 46.3 Å². The molecule has 4 aliphatic carbocycles. The molecule has 4 rings (SSSR count). The molecule has 2 nitrogen and oxygen atoms in total. The zero-order valence-corrected chi connectivity index (χ0v) is 17.2. The van der Waals surface area contributed by atoms with Gasteiger partial charge in [-0.05, 0) is 104 Å². The Hall–Kier alpha value is -0.340. The topological polar surface area (TPSA) is 40.5 Å². The molecule has 0 heterocycles. The minimum atomic E-state index is -0.0503. The van der Waals surface area contributed by atoms with E-state index in [1.807, 2.05) is 0 Å². The monoisotopic (exact) mass is 360 g/mol. The van der Waals surface area contributed by atoms with Crippen LogP contribution in [0.3, 0.4) is 0 Å². The van der Waals surface area contributed by atoms with E-state index in [9.17, 15) is 10.2 Å². The molecule has 0 spiro atoms. The van der Waals surface area contributed by atoms with E-state index in [2.05, 4.69) is 32.9 Å².